The van der Waals surface area contributed by atoms with E-state index < -0.39 is 0 Å². The number of benzene rings is 1. The molecule has 1 aliphatic rings. The van der Waals surface area contributed by atoms with Crippen LogP contribution in [0.5, 0.6) is 5.75 Å². The fraction of sp³-hybridized carbons (Fsp3) is 0.500. The van der Waals surface area contributed by atoms with Gasteiger partial charge in [-0.2, -0.15) is 0 Å². The number of rotatable bonds is 2. The Morgan fingerprint density at radius 3 is 2.56 bits per heavy atom. The molecule has 1 saturated carbocycles. The fourth-order valence-electron chi connectivity index (χ4n) is 1.76. The van der Waals surface area contributed by atoms with Crippen LogP contribution in [-0.4, -0.2) is 11.5 Å². The van der Waals surface area contributed by atoms with Gasteiger partial charge >= 0.3 is 0 Å². The van der Waals surface area contributed by atoms with E-state index in [1.54, 1.807) is 6.07 Å². The first-order chi connectivity index (χ1) is 7.43. The van der Waals surface area contributed by atoms with Gasteiger partial charge in [0, 0.05) is 17.2 Å². The minimum atomic E-state index is -0.0206. The first-order valence-corrected chi connectivity index (χ1v) is 6.37. The van der Waals surface area contributed by atoms with Crippen LogP contribution in [0, 0.1) is 5.41 Å². The van der Waals surface area contributed by atoms with E-state index in [0.717, 1.165) is 6.42 Å². The molecule has 4 heteroatoms. The summed E-state index contributed by atoms with van der Waals surface area (Å²) in [6.07, 6.45) is 0.947. The molecule has 0 aromatic heterocycles. The molecule has 0 N–H and O–H groups in total. The molecular weight excluding hydrogens is 266 g/mol. The third kappa shape index (κ3) is 2.01. The summed E-state index contributed by atoms with van der Waals surface area (Å²) in [6, 6.07) is 5.40. The molecule has 88 valence electrons. The molecular formula is C12H13Cl3O. The molecule has 1 nitrogen and oxygen atoms in total. The van der Waals surface area contributed by atoms with Gasteiger partial charge in [-0.3, -0.25) is 0 Å². The van der Waals surface area contributed by atoms with Crippen LogP contribution in [-0.2, 0) is 0 Å². The largest absolute Gasteiger partial charge is 0.488 e. The first-order valence-electron chi connectivity index (χ1n) is 5.17. The third-order valence-electron chi connectivity index (χ3n) is 3.24. The van der Waals surface area contributed by atoms with E-state index in [0.29, 0.717) is 15.8 Å². The Bertz CT molecular complexity index is 403. The molecule has 0 amide bonds. The van der Waals surface area contributed by atoms with Crippen molar-refractivity contribution in [2.24, 2.45) is 5.41 Å². The average Bonchev–Trinajstić information content (AvgIpc) is 2.24. The van der Waals surface area contributed by atoms with Crippen molar-refractivity contribution < 1.29 is 4.74 Å². The molecule has 0 spiro atoms. The van der Waals surface area contributed by atoms with E-state index in [1.165, 1.54) is 0 Å². The van der Waals surface area contributed by atoms with Crippen LogP contribution >= 0.6 is 34.8 Å². The van der Waals surface area contributed by atoms with Crippen molar-refractivity contribution in [1.29, 1.82) is 0 Å². The summed E-state index contributed by atoms with van der Waals surface area (Å²) in [5, 5.41) is 1.15. The van der Waals surface area contributed by atoms with Gasteiger partial charge in [0.25, 0.3) is 0 Å². The lowest BCUT2D eigenvalue weighted by Gasteiger charge is -2.48. The van der Waals surface area contributed by atoms with Crippen molar-refractivity contribution in [2.75, 3.05) is 0 Å². The van der Waals surface area contributed by atoms with Crippen molar-refractivity contribution in [3.05, 3.63) is 28.2 Å². The summed E-state index contributed by atoms with van der Waals surface area (Å²) in [5.41, 5.74) is -0.0206. The fourth-order valence-corrected chi connectivity index (χ4v) is 2.40. The predicted octanol–water partition coefficient (Wildman–Crippen LogP) is 4.78. The maximum Gasteiger partial charge on any atom is 0.139 e. The lowest BCUT2D eigenvalue weighted by Crippen LogP contribution is -2.53. The number of alkyl halides is 1. The topological polar surface area (TPSA) is 9.23 Å². The standard InChI is InChI=1S/C12H13Cl3O/c1-12(2)9(14)6-10(12)16-8-5-3-4-7(13)11(8)15/h3-5,9-10H,6H2,1-2H3. The van der Waals surface area contributed by atoms with Gasteiger partial charge in [0.1, 0.15) is 16.9 Å². The van der Waals surface area contributed by atoms with Crippen LogP contribution in [0.1, 0.15) is 20.3 Å². The van der Waals surface area contributed by atoms with Gasteiger partial charge in [0.2, 0.25) is 0 Å². The number of hydrogen-bond donors (Lipinski definition) is 0. The van der Waals surface area contributed by atoms with E-state index in [-0.39, 0.29) is 16.9 Å². The molecule has 0 aliphatic heterocycles. The minimum absolute atomic E-state index is 0.0206. The molecule has 2 atom stereocenters. The summed E-state index contributed by atoms with van der Waals surface area (Å²) >= 11 is 18.1. The smallest absolute Gasteiger partial charge is 0.139 e. The van der Waals surface area contributed by atoms with E-state index in [1.807, 2.05) is 12.1 Å². The molecule has 2 unspecified atom stereocenters. The second-order valence-corrected chi connectivity index (χ2v) is 6.00. The zero-order valence-electron chi connectivity index (χ0n) is 9.14. The molecule has 16 heavy (non-hydrogen) atoms. The predicted molar refractivity (Wildman–Crippen MR) is 68.9 cm³/mol. The van der Waals surface area contributed by atoms with Crippen molar-refractivity contribution in [1.82, 2.24) is 0 Å². The lowest BCUT2D eigenvalue weighted by molar-refractivity contribution is -0.0129. The Morgan fingerprint density at radius 1 is 1.31 bits per heavy atom. The Morgan fingerprint density at radius 2 is 2.00 bits per heavy atom. The van der Waals surface area contributed by atoms with Gasteiger partial charge in [-0.15, -0.1) is 11.6 Å². The molecule has 0 radical (unpaired) electrons. The summed E-state index contributed by atoms with van der Waals surface area (Å²) in [7, 11) is 0. The third-order valence-corrected chi connectivity index (χ3v) is 4.79. The van der Waals surface area contributed by atoms with Crippen LogP contribution in [0.25, 0.3) is 0 Å². The van der Waals surface area contributed by atoms with Gasteiger partial charge in [0.05, 0.1) is 5.02 Å². The van der Waals surface area contributed by atoms with E-state index in [4.69, 9.17) is 39.5 Å². The zero-order valence-corrected chi connectivity index (χ0v) is 11.4. The van der Waals surface area contributed by atoms with Crippen molar-refractivity contribution >= 4 is 34.8 Å². The van der Waals surface area contributed by atoms with Gasteiger partial charge in [0.15, 0.2) is 0 Å². The SMILES string of the molecule is CC1(C)C(Cl)CC1Oc1cccc(Cl)c1Cl. The van der Waals surface area contributed by atoms with Crippen molar-refractivity contribution in [3.63, 3.8) is 0 Å². The van der Waals surface area contributed by atoms with Crippen LogP contribution < -0.4 is 4.74 Å². The maximum absolute atomic E-state index is 6.13. The van der Waals surface area contributed by atoms with E-state index in [2.05, 4.69) is 13.8 Å². The van der Waals surface area contributed by atoms with Gasteiger partial charge in [-0.05, 0) is 12.1 Å². The summed E-state index contributed by atoms with van der Waals surface area (Å²) in [6.45, 7) is 4.19. The van der Waals surface area contributed by atoms with Gasteiger partial charge in [-0.1, -0.05) is 43.1 Å². The molecule has 1 aliphatic carbocycles. The van der Waals surface area contributed by atoms with Crippen LogP contribution in [0.15, 0.2) is 18.2 Å². The second-order valence-electron chi connectivity index (χ2n) is 4.68. The van der Waals surface area contributed by atoms with E-state index >= 15 is 0 Å². The Hall–Kier alpha value is -0.110. The minimum Gasteiger partial charge on any atom is -0.488 e. The molecule has 2 rings (SSSR count). The highest BCUT2D eigenvalue weighted by Gasteiger charge is 2.49. The van der Waals surface area contributed by atoms with Gasteiger partial charge in [-0.25, -0.2) is 0 Å². The molecule has 1 fully saturated rings. The highest BCUT2D eigenvalue weighted by atomic mass is 35.5. The van der Waals surface area contributed by atoms with Crippen LogP contribution in [0.2, 0.25) is 10.0 Å². The second kappa shape index (κ2) is 4.29. The molecule has 0 heterocycles. The summed E-state index contributed by atoms with van der Waals surface area (Å²) in [4.78, 5) is 0. The number of ether oxygens (including phenoxy) is 1. The molecule has 0 bridgehead atoms. The van der Waals surface area contributed by atoms with Gasteiger partial charge < -0.3 is 4.74 Å². The normalized spacial score (nSPS) is 27.3. The van der Waals surface area contributed by atoms with Crippen molar-refractivity contribution in [2.45, 2.75) is 31.7 Å². The van der Waals surface area contributed by atoms with Crippen molar-refractivity contribution in [3.8, 4) is 5.75 Å². The summed E-state index contributed by atoms with van der Waals surface area (Å²) in [5.74, 6) is 0.635. The first kappa shape index (κ1) is 12.3. The van der Waals surface area contributed by atoms with Crippen LogP contribution in [0.4, 0.5) is 0 Å². The maximum atomic E-state index is 6.13. The van der Waals surface area contributed by atoms with E-state index in [9.17, 15) is 0 Å². The average molecular weight is 280 g/mol. The Kier molecular flexibility index (Phi) is 3.31. The monoisotopic (exact) mass is 278 g/mol. The quantitative estimate of drug-likeness (QED) is 0.708. The highest BCUT2D eigenvalue weighted by Crippen LogP contribution is 2.47. The zero-order chi connectivity index (χ0) is 11.9. The Balaban J connectivity index is 2.14. The number of hydrogen-bond acceptors (Lipinski definition) is 1. The summed E-state index contributed by atoms with van der Waals surface area (Å²) < 4.78 is 5.85. The Labute approximate surface area is 111 Å². The highest BCUT2D eigenvalue weighted by molar-refractivity contribution is 6.42. The van der Waals surface area contributed by atoms with Crippen LogP contribution in [0.3, 0.4) is 0 Å². The molecule has 0 saturated heterocycles. The molecule has 1 aromatic carbocycles. The molecule has 1 aromatic rings. The number of halogens is 3. The lowest BCUT2D eigenvalue weighted by atomic mass is 9.68.